The van der Waals surface area contributed by atoms with Crippen LogP contribution in [0.1, 0.15) is 12.8 Å². The monoisotopic (exact) mass is 131 g/mol. The van der Waals surface area contributed by atoms with Crippen molar-refractivity contribution in [1.82, 2.24) is 0 Å². The van der Waals surface area contributed by atoms with Crippen molar-refractivity contribution >= 4 is 12.6 Å². The van der Waals surface area contributed by atoms with E-state index in [1.54, 1.807) is 6.07 Å². The first kappa shape index (κ1) is 5.90. The lowest BCUT2D eigenvalue weighted by Gasteiger charge is -2.32. The van der Waals surface area contributed by atoms with E-state index < -0.39 is 5.67 Å². The highest BCUT2D eigenvalue weighted by atomic mass is 32.1. The van der Waals surface area contributed by atoms with Crippen LogP contribution in [0.25, 0.3) is 0 Å². The van der Waals surface area contributed by atoms with E-state index in [9.17, 15) is 4.39 Å². The molecule has 0 unspecified atom stereocenters. The second kappa shape index (κ2) is 1.63. The molecule has 1 saturated carbocycles. The first-order valence-corrected chi connectivity index (χ1v) is 2.96. The van der Waals surface area contributed by atoms with E-state index in [1.165, 1.54) is 0 Å². The van der Waals surface area contributed by atoms with Crippen LogP contribution in [0, 0.1) is 11.3 Å². The van der Waals surface area contributed by atoms with Crippen LogP contribution in [0.5, 0.6) is 0 Å². The lowest BCUT2D eigenvalue weighted by Crippen LogP contribution is -2.38. The maximum absolute atomic E-state index is 12.5. The third kappa shape index (κ3) is 0.805. The second-order valence-corrected chi connectivity index (χ2v) is 2.87. The molecule has 44 valence electrons. The molecule has 0 radical (unpaired) electrons. The Morgan fingerprint density at radius 3 is 2.38 bits per heavy atom. The van der Waals surface area contributed by atoms with Crippen LogP contribution in [0.15, 0.2) is 0 Å². The molecule has 0 aromatic heterocycles. The summed E-state index contributed by atoms with van der Waals surface area (Å²) >= 11 is 3.96. The number of alkyl halides is 1. The van der Waals surface area contributed by atoms with Gasteiger partial charge in [0.1, 0.15) is 6.07 Å². The van der Waals surface area contributed by atoms with Crippen molar-refractivity contribution in [3.05, 3.63) is 0 Å². The molecule has 1 nitrogen and oxygen atoms in total. The van der Waals surface area contributed by atoms with Crippen LogP contribution >= 0.6 is 12.6 Å². The van der Waals surface area contributed by atoms with Crippen molar-refractivity contribution in [3.63, 3.8) is 0 Å². The van der Waals surface area contributed by atoms with E-state index in [2.05, 4.69) is 12.6 Å². The molecule has 1 rings (SSSR count). The highest BCUT2D eigenvalue weighted by Crippen LogP contribution is 2.38. The summed E-state index contributed by atoms with van der Waals surface area (Å²) in [5.74, 6) is 0. The molecule has 1 fully saturated rings. The zero-order chi connectivity index (χ0) is 6.20. The van der Waals surface area contributed by atoms with E-state index in [0.717, 1.165) is 0 Å². The molecule has 0 amide bonds. The summed E-state index contributed by atoms with van der Waals surface area (Å²) in [6, 6.07) is 1.59. The lowest BCUT2D eigenvalue weighted by molar-refractivity contribution is 0.136. The van der Waals surface area contributed by atoms with Crippen LogP contribution in [-0.2, 0) is 0 Å². The number of halogens is 1. The standard InChI is InChI=1S/C5H6FNS/c6-5(3-7)1-4(8)2-5/h4,8H,1-2H2. The number of nitriles is 1. The first-order chi connectivity index (χ1) is 3.66. The van der Waals surface area contributed by atoms with Crippen LogP contribution in [0.4, 0.5) is 4.39 Å². The topological polar surface area (TPSA) is 23.8 Å². The molecule has 0 aromatic carbocycles. The van der Waals surface area contributed by atoms with Gasteiger partial charge < -0.3 is 0 Å². The molecule has 0 bridgehead atoms. The Kier molecular flexibility index (Phi) is 1.20. The predicted octanol–water partition coefficient (Wildman–Crippen LogP) is 1.31. The van der Waals surface area contributed by atoms with E-state index in [1.807, 2.05) is 0 Å². The molecule has 0 aromatic rings. The Balaban J connectivity index is 2.44. The first-order valence-electron chi connectivity index (χ1n) is 2.44. The van der Waals surface area contributed by atoms with Crippen molar-refractivity contribution in [2.45, 2.75) is 23.8 Å². The summed E-state index contributed by atoms with van der Waals surface area (Å²) in [5, 5.41) is 8.21. The molecule has 0 saturated heterocycles. The van der Waals surface area contributed by atoms with Gasteiger partial charge >= 0.3 is 0 Å². The van der Waals surface area contributed by atoms with Gasteiger partial charge in [-0.05, 0) is 0 Å². The molecule has 0 heterocycles. The van der Waals surface area contributed by atoms with Gasteiger partial charge in [0.2, 0.25) is 0 Å². The Morgan fingerprint density at radius 1 is 1.75 bits per heavy atom. The summed E-state index contributed by atoms with van der Waals surface area (Å²) < 4.78 is 12.5. The van der Waals surface area contributed by atoms with Gasteiger partial charge in [-0.1, -0.05) is 0 Å². The molecule has 3 heteroatoms. The largest absolute Gasteiger partial charge is 0.227 e. The van der Waals surface area contributed by atoms with Crippen LogP contribution < -0.4 is 0 Å². The second-order valence-electron chi connectivity index (χ2n) is 2.14. The Morgan fingerprint density at radius 2 is 2.25 bits per heavy atom. The highest BCUT2D eigenvalue weighted by Gasteiger charge is 2.43. The number of hydrogen-bond acceptors (Lipinski definition) is 2. The van der Waals surface area contributed by atoms with Gasteiger partial charge in [-0.15, -0.1) is 0 Å². The van der Waals surface area contributed by atoms with Crippen molar-refractivity contribution in [2.75, 3.05) is 0 Å². The number of rotatable bonds is 0. The van der Waals surface area contributed by atoms with Gasteiger partial charge in [0, 0.05) is 18.1 Å². The van der Waals surface area contributed by atoms with E-state index in [4.69, 9.17) is 5.26 Å². The van der Waals surface area contributed by atoms with Gasteiger partial charge in [-0.3, -0.25) is 0 Å². The number of hydrogen-bond donors (Lipinski definition) is 1. The zero-order valence-electron chi connectivity index (χ0n) is 4.26. The lowest BCUT2D eigenvalue weighted by atomic mass is 9.83. The van der Waals surface area contributed by atoms with Crippen molar-refractivity contribution < 1.29 is 4.39 Å². The third-order valence-corrected chi connectivity index (χ3v) is 1.68. The fourth-order valence-electron chi connectivity index (χ4n) is 0.778. The van der Waals surface area contributed by atoms with Crippen LogP contribution in [0.2, 0.25) is 0 Å². The Bertz CT molecular complexity index is 134. The van der Waals surface area contributed by atoms with Crippen molar-refractivity contribution in [1.29, 1.82) is 5.26 Å². The minimum Gasteiger partial charge on any atom is -0.227 e. The molecule has 1 aliphatic rings. The molecule has 0 N–H and O–H groups in total. The highest BCUT2D eigenvalue weighted by molar-refractivity contribution is 7.81. The molecular weight excluding hydrogens is 125 g/mol. The van der Waals surface area contributed by atoms with Crippen LogP contribution in [0.3, 0.4) is 0 Å². The average molecular weight is 131 g/mol. The summed E-state index contributed by atoms with van der Waals surface area (Å²) in [7, 11) is 0. The molecule has 0 atom stereocenters. The fraction of sp³-hybridized carbons (Fsp3) is 0.800. The maximum atomic E-state index is 12.5. The summed E-state index contributed by atoms with van der Waals surface area (Å²) in [5.41, 5.74) is -1.54. The minimum atomic E-state index is -1.54. The normalized spacial score (nSPS) is 44.9. The molecule has 8 heavy (non-hydrogen) atoms. The predicted molar refractivity (Wildman–Crippen MR) is 31.5 cm³/mol. The van der Waals surface area contributed by atoms with Crippen LogP contribution in [-0.4, -0.2) is 10.9 Å². The van der Waals surface area contributed by atoms with Gasteiger partial charge in [0.25, 0.3) is 0 Å². The van der Waals surface area contributed by atoms with Gasteiger partial charge in [0.05, 0.1) is 0 Å². The molecule has 0 spiro atoms. The van der Waals surface area contributed by atoms with E-state index in [-0.39, 0.29) is 5.25 Å². The fourth-order valence-corrected chi connectivity index (χ4v) is 1.36. The Hall–Kier alpha value is -0.230. The van der Waals surface area contributed by atoms with Gasteiger partial charge in [-0.25, -0.2) is 4.39 Å². The van der Waals surface area contributed by atoms with E-state index in [0.29, 0.717) is 12.8 Å². The molecular formula is C5H6FNS. The van der Waals surface area contributed by atoms with E-state index >= 15 is 0 Å². The summed E-state index contributed by atoms with van der Waals surface area (Å²) in [6.07, 6.45) is 0.596. The zero-order valence-corrected chi connectivity index (χ0v) is 5.16. The van der Waals surface area contributed by atoms with Crippen molar-refractivity contribution in [2.24, 2.45) is 0 Å². The van der Waals surface area contributed by atoms with Crippen molar-refractivity contribution in [3.8, 4) is 6.07 Å². The Labute approximate surface area is 52.9 Å². The quantitative estimate of drug-likeness (QED) is 0.492. The van der Waals surface area contributed by atoms with Gasteiger partial charge in [0.15, 0.2) is 5.67 Å². The average Bonchev–Trinajstić information content (AvgIpc) is 1.63. The molecule has 0 aliphatic heterocycles. The number of nitrogens with zero attached hydrogens (tertiary/aromatic N) is 1. The third-order valence-electron chi connectivity index (χ3n) is 1.32. The van der Waals surface area contributed by atoms with Gasteiger partial charge in [-0.2, -0.15) is 17.9 Å². The summed E-state index contributed by atoms with van der Waals surface area (Å²) in [6.45, 7) is 0. The molecule has 1 aliphatic carbocycles. The summed E-state index contributed by atoms with van der Waals surface area (Å²) in [4.78, 5) is 0. The number of thiol groups is 1. The minimum absolute atomic E-state index is 0.111. The SMILES string of the molecule is N#CC1(F)CC(S)C1. The maximum Gasteiger partial charge on any atom is 0.198 e. The smallest absolute Gasteiger partial charge is 0.198 e.